The molecule has 0 fully saturated rings. The van der Waals surface area contributed by atoms with E-state index in [0.29, 0.717) is 6.54 Å². The summed E-state index contributed by atoms with van der Waals surface area (Å²) in [4.78, 5) is 4.00. The number of anilines is 1. The summed E-state index contributed by atoms with van der Waals surface area (Å²) in [6.07, 6.45) is 1.78. The Morgan fingerprint density at radius 1 is 1.35 bits per heavy atom. The van der Waals surface area contributed by atoms with Crippen LogP contribution >= 0.6 is 11.8 Å². The van der Waals surface area contributed by atoms with E-state index < -0.39 is 11.6 Å². The van der Waals surface area contributed by atoms with E-state index in [1.807, 2.05) is 20.8 Å². The fraction of sp³-hybridized carbons (Fsp3) is 0.583. The number of hydrogen-bond donors (Lipinski definition) is 1. The molecule has 1 rings (SSSR count). The molecule has 1 aromatic heterocycles. The van der Waals surface area contributed by atoms with Crippen LogP contribution in [0.4, 0.5) is 14.6 Å². The Hall–Kier alpha value is -0.840. The van der Waals surface area contributed by atoms with Crippen molar-refractivity contribution in [2.45, 2.75) is 43.9 Å². The van der Waals surface area contributed by atoms with Crippen LogP contribution in [0, 0.1) is 11.6 Å². The second-order valence-corrected chi connectivity index (χ2v) is 5.30. The normalized spacial score (nSPS) is 12.5. The van der Waals surface area contributed by atoms with Gasteiger partial charge in [0.05, 0.1) is 0 Å². The minimum atomic E-state index is -0.635. The van der Waals surface area contributed by atoms with E-state index in [2.05, 4.69) is 10.3 Å². The van der Waals surface area contributed by atoms with Gasteiger partial charge in [-0.05, 0) is 12.8 Å². The zero-order valence-corrected chi connectivity index (χ0v) is 11.2. The second kappa shape index (κ2) is 6.79. The smallest absolute Gasteiger partial charge is 0.168 e. The summed E-state index contributed by atoms with van der Waals surface area (Å²) in [5.41, 5.74) is 0. The Balaban J connectivity index is 2.89. The largest absolute Gasteiger partial charge is 0.368 e. The molecule has 2 nitrogen and oxygen atoms in total. The lowest BCUT2D eigenvalue weighted by molar-refractivity contribution is 0.550. The van der Waals surface area contributed by atoms with Crippen LogP contribution in [-0.2, 0) is 0 Å². The van der Waals surface area contributed by atoms with Crippen LogP contribution in [-0.4, -0.2) is 16.8 Å². The van der Waals surface area contributed by atoms with Gasteiger partial charge in [-0.3, -0.25) is 0 Å². The minimum Gasteiger partial charge on any atom is -0.368 e. The van der Waals surface area contributed by atoms with E-state index >= 15 is 0 Å². The molecule has 0 spiro atoms. The van der Waals surface area contributed by atoms with Crippen molar-refractivity contribution < 1.29 is 8.78 Å². The van der Waals surface area contributed by atoms with Crippen LogP contribution < -0.4 is 5.32 Å². The maximum absolute atomic E-state index is 13.5. The zero-order chi connectivity index (χ0) is 12.8. The fourth-order valence-corrected chi connectivity index (χ4v) is 2.04. The fourth-order valence-electron chi connectivity index (χ4n) is 1.17. The highest BCUT2D eigenvalue weighted by atomic mass is 32.2. The van der Waals surface area contributed by atoms with Gasteiger partial charge in [0.1, 0.15) is 5.03 Å². The third kappa shape index (κ3) is 4.15. The Bertz CT molecular complexity index is 372. The Labute approximate surface area is 105 Å². The molecule has 1 atom stereocenters. The third-order valence-corrected chi connectivity index (χ3v) is 3.57. The number of pyridine rings is 1. The number of halogens is 2. The molecule has 0 amide bonds. The van der Waals surface area contributed by atoms with Gasteiger partial charge in [-0.2, -0.15) is 0 Å². The van der Waals surface area contributed by atoms with Crippen molar-refractivity contribution in [3.63, 3.8) is 0 Å². The summed E-state index contributed by atoms with van der Waals surface area (Å²) < 4.78 is 26.9. The quantitative estimate of drug-likeness (QED) is 0.780. The van der Waals surface area contributed by atoms with Gasteiger partial charge in [-0.1, -0.05) is 20.8 Å². The van der Waals surface area contributed by atoms with E-state index in [1.54, 1.807) is 0 Å². The van der Waals surface area contributed by atoms with Gasteiger partial charge in [0.15, 0.2) is 17.5 Å². The SMILES string of the molecule is CCCNc1nc(SC(C)CC)c(F)cc1F. The van der Waals surface area contributed by atoms with Crippen molar-refractivity contribution in [1.29, 1.82) is 0 Å². The average Bonchev–Trinajstić information content (AvgIpc) is 2.30. The van der Waals surface area contributed by atoms with Gasteiger partial charge >= 0.3 is 0 Å². The number of nitrogens with one attached hydrogen (secondary N) is 1. The van der Waals surface area contributed by atoms with E-state index in [4.69, 9.17) is 0 Å². The van der Waals surface area contributed by atoms with E-state index in [0.717, 1.165) is 18.9 Å². The van der Waals surface area contributed by atoms with Gasteiger partial charge in [0.2, 0.25) is 0 Å². The zero-order valence-electron chi connectivity index (χ0n) is 10.4. The topological polar surface area (TPSA) is 24.9 Å². The first-order valence-electron chi connectivity index (χ1n) is 5.85. The molecule has 0 saturated heterocycles. The van der Waals surface area contributed by atoms with Crippen molar-refractivity contribution in [2.75, 3.05) is 11.9 Å². The maximum atomic E-state index is 13.5. The van der Waals surface area contributed by atoms with Gasteiger partial charge < -0.3 is 5.32 Å². The highest BCUT2D eigenvalue weighted by molar-refractivity contribution is 7.99. The number of hydrogen-bond acceptors (Lipinski definition) is 3. The Morgan fingerprint density at radius 2 is 2.06 bits per heavy atom. The molecular weight excluding hydrogens is 242 g/mol. The Morgan fingerprint density at radius 3 is 2.65 bits per heavy atom. The Kier molecular flexibility index (Phi) is 5.68. The molecule has 0 aliphatic carbocycles. The molecule has 0 aliphatic rings. The summed E-state index contributed by atoms with van der Waals surface area (Å²) in [6, 6.07) is 0.899. The first-order chi connectivity index (χ1) is 8.08. The summed E-state index contributed by atoms with van der Waals surface area (Å²) in [6.45, 7) is 6.62. The van der Waals surface area contributed by atoms with E-state index in [9.17, 15) is 8.78 Å². The predicted octanol–water partition coefficient (Wildman–Crippen LogP) is 4.07. The van der Waals surface area contributed by atoms with Crippen molar-refractivity contribution in [1.82, 2.24) is 4.98 Å². The van der Waals surface area contributed by atoms with Crippen LogP contribution in [0.5, 0.6) is 0 Å². The summed E-state index contributed by atoms with van der Waals surface area (Å²) >= 11 is 1.33. The van der Waals surface area contributed by atoms with Crippen LogP contribution in [0.25, 0.3) is 0 Å². The van der Waals surface area contributed by atoms with Crippen molar-refractivity contribution >= 4 is 17.6 Å². The van der Waals surface area contributed by atoms with Crippen molar-refractivity contribution in [3.8, 4) is 0 Å². The van der Waals surface area contributed by atoms with Gasteiger partial charge in [0.25, 0.3) is 0 Å². The predicted molar refractivity (Wildman–Crippen MR) is 68.5 cm³/mol. The van der Waals surface area contributed by atoms with Crippen molar-refractivity contribution in [2.24, 2.45) is 0 Å². The highest BCUT2D eigenvalue weighted by Crippen LogP contribution is 2.28. The molecule has 1 unspecified atom stereocenters. The maximum Gasteiger partial charge on any atom is 0.168 e. The summed E-state index contributed by atoms with van der Waals surface area (Å²) in [5, 5.41) is 3.38. The minimum absolute atomic E-state index is 0.138. The molecule has 17 heavy (non-hydrogen) atoms. The molecule has 5 heteroatoms. The number of rotatable bonds is 6. The molecular formula is C12H18F2N2S. The lowest BCUT2D eigenvalue weighted by Gasteiger charge is -2.11. The molecule has 0 radical (unpaired) electrons. The standard InChI is InChI=1S/C12H18F2N2S/c1-4-6-15-11-9(13)7-10(14)12(16-11)17-8(3)5-2/h7-8H,4-6H2,1-3H3,(H,15,16). The van der Waals surface area contributed by atoms with Crippen LogP contribution in [0.15, 0.2) is 11.1 Å². The highest BCUT2D eigenvalue weighted by Gasteiger charge is 2.14. The summed E-state index contributed by atoms with van der Waals surface area (Å²) in [7, 11) is 0. The first kappa shape index (κ1) is 14.2. The molecule has 0 aliphatic heterocycles. The van der Waals surface area contributed by atoms with Gasteiger partial charge in [-0.15, -0.1) is 11.8 Å². The van der Waals surface area contributed by atoms with Gasteiger partial charge in [0, 0.05) is 17.9 Å². The molecule has 96 valence electrons. The molecule has 0 aromatic carbocycles. The molecule has 0 bridgehead atoms. The van der Waals surface area contributed by atoms with Crippen LogP contribution in [0.3, 0.4) is 0 Å². The number of aromatic nitrogens is 1. The first-order valence-corrected chi connectivity index (χ1v) is 6.73. The van der Waals surface area contributed by atoms with E-state index in [1.165, 1.54) is 11.8 Å². The second-order valence-electron chi connectivity index (χ2n) is 3.87. The molecule has 1 aromatic rings. The van der Waals surface area contributed by atoms with Crippen LogP contribution in [0.2, 0.25) is 0 Å². The molecule has 1 heterocycles. The monoisotopic (exact) mass is 260 g/mol. The van der Waals surface area contributed by atoms with E-state index in [-0.39, 0.29) is 16.1 Å². The third-order valence-electron chi connectivity index (χ3n) is 2.33. The summed E-state index contributed by atoms with van der Waals surface area (Å²) in [5.74, 6) is -1.08. The number of nitrogens with zero attached hydrogens (tertiary/aromatic N) is 1. The molecule has 1 N–H and O–H groups in total. The van der Waals surface area contributed by atoms with Crippen molar-refractivity contribution in [3.05, 3.63) is 17.7 Å². The molecule has 0 saturated carbocycles. The number of thioether (sulfide) groups is 1. The lowest BCUT2D eigenvalue weighted by atomic mass is 10.4. The van der Waals surface area contributed by atoms with Crippen LogP contribution in [0.1, 0.15) is 33.6 Å². The lowest BCUT2D eigenvalue weighted by Crippen LogP contribution is -2.07. The average molecular weight is 260 g/mol. The van der Waals surface area contributed by atoms with Gasteiger partial charge in [-0.25, -0.2) is 13.8 Å².